The molecule has 0 fully saturated rings. The number of benzene rings is 2. The predicted octanol–water partition coefficient (Wildman–Crippen LogP) is 1.40. The van der Waals surface area contributed by atoms with Crippen molar-refractivity contribution in [1.82, 2.24) is 4.72 Å². The normalized spacial score (nSPS) is 12.2. The van der Waals surface area contributed by atoms with Crippen molar-refractivity contribution in [2.75, 3.05) is 13.2 Å². The summed E-state index contributed by atoms with van der Waals surface area (Å²) in [5, 5.41) is 14.4. The summed E-state index contributed by atoms with van der Waals surface area (Å²) in [7, 11) is -4.73. The van der Waals surface area contributed by atoms with Gasteiger partial charge in [0.1, 0.15) is 18.4 Å². The average molecular weight is 592 g/mol. The molecule has 5 N–H and O–H groups in total. The molecule has 0 aromatic heterocycles. The van der Waals surface area contributed by atoms with Gasteiger partial charge in [0.15, 0.2) is 0 Å². The van der Waals surface area contributed by atoms with Gasteiger partial charge in [-0.05, 0) is 41.8 Å². The van der Waals surface area contributed by atoms with Crippen molar-refractivity contribution in [3.8, 4) is 5.75 Å². The molecule has 218 valence electrons. The molecule has 0 aliphatic rings. The molecule has 2 aromatic rings. The fraction of sp³-hybridized carbons (Fsp3) is 0.318. The van der Waals surface area contributed by atoms with Gasteiger partial charge in [-0.3, -0.25) is 10.1 Å². The number of nitrogens with one attached hydrogen (secondary N) is 1. The molecule has 18 heteroatoms. The number of halogens is 3. The van der Waals surface area contributed by atoms with E-state index in [2.05, 4.69) is 9.89 Å². The van der Waals surface area contributed by atoms with E-state index in [1.165, 1.54) is 31.2 Å². The van der Waals surface area contributed by atoms with Crippen LogP contribution in [0.3, 0.4) is 0 Å². The molecule has 0 radical (unpaired) electrons. The number of carbonyl (C=O) groups is 2. The highest BCUT2D eigenvalue weighted by molar-refractivity contribution is 7.89. The number of hydrogen-bond donors (Lipinski definition) is 3. The molecule has 0 bridgehead atoms. The number of hydrogen-bond acceptors (Lipinski definition) is 10. The van der Waals surface area contributed by atoms with Gasteiger partial charge in [-0.15, -0.1) is 0 Å². The van der Waals surface area contributed by atoms with Crippen LogP contribution in [0.25, 0.3) is 0 Å². The first kappa shape index (κ1) is 31.8. The van der Waals surface area contributed by atoms with Crippen molar-refractivity contribution in [2.24, 2.45) is 16.6 Å². The van der Waals surface area contributed by atoms with Gasteiger partial charge in [-0.25, -0.2) is 18.0 Å². The van der Waals surface area contributed by atoms with Crippen molar-refractivity contribution in [3.63, 3.8) is 0 Å². The van der Waals surface area contributed by atoms with E-state index in [4.69, 9.17) is 21.0 Å². The number of esters is 2. The molecule has 2 rings (SSSR count). The minimum atomic E-state index is -5.52. The summed E-state index contributed by atoms with van der Waals surface area (Å²) in [6.45, 7) is 1.65. The van der Waals surface area contributed by atoms with Crippen LogP contribution >= 0.6 is 0 Å². The molecular formula is C22H24F3N5O9S. The zero-order valence-corrected chi connectivity index (χ0v) is 21.5. The van der Waals surface area contributed by atoms with Crippen molar-refractivity contribution < 1.29 is 50.4 Å². The Kier molecular flexibility index (Phi) is 10.8. The number of rotatable bonds is 13. The van der Waals surface area contributed by atoms with E-state index in [1.807, 2.05) is 4.72 Å². The smallest absolute Gasteiger partial charge is 0.491 e. The minimum absolute atomic E-state index is 0.0433. The summed E-state index contributed by atoms with van der Waals surface area (Å²) < 4.78 is 75.2. The van der Waals surface area contributed by atoms with Crippen molar-refractivity contribution in [2.45, 2.75) is 36.9 Å². The predicted molar refractivity (Wildman–Crippen MR) is 131 cm³/mol. The van der Waals surface area contributed by atoms with Crippen LogP contribution in [0.5, 0.6) is 5.75 Å². The second-order valence-electron chi connectivity index (χ2n) is 7.99. The number of carbonyl (C=O) groups excluding carboxylic acids is 2. The van der Waals surface area contributed by atoms with E-state index in [0.29, 0.717) is 12.2 Å². The highest BCUT2D eigenvalue weighted by Crippen LogP contribution is 2.23. The fourth-order valence-corrected chi connectivity index (χ4v) is 4.48. The molecule has 2 aromatic carbocycles. The lowest BCUT2D eigenvalue weighted by molar-refractivity contribution is -0.385. The largest absolute Gasteiger partial charge is 0.493 e. The Labute approximate surface area is 225 Å². The lowest BCUT2D eigenvalue weighted by atomic mass is 10.1. The molecule has 14 nitrogen and oxygen atoms in total. The van der Waals surface area contributed by atoms with Gasteiger partial charge in [0.2, 0.25) is 16.0 Å². The topological polar surface area (TPSA) is 216 Å². The maximum atomic E-state index is 13.0. The maximum Gasteiger partial charge on any atom is 0.491 e. The third-order valence-corrected chi connectivity index (χ3v) is 6.47. The Morgan fingerprint density at radius 2 is 1.77 bits per heavy atom. The standard InChI is InChI=1S/C22H24F3N5O9S/c1-13-3-6-15(30(33)34)12-18(13)40(35,36)29-17(19(31)39-20(32)22(23,24)25)11-14-4-7-16(8-5-14)37-9-2-10-38-28-21(26)27/h3-8,12,17,29H,2,9-11H2,1H3,(H4,26,27,28)/t17-/m0/s1. The Morgan fingerprint density at radius 1 is 1.12 bits per heavy atom. The molecule has 0 aliphatic carbocycles. The van der Waals surface area contributed by atoms with Gasteiger partial charge in [-0.1, -0.05) is 18.2 Å². The van der Waals surface area contributed by atoms with E-state index < -0.39 is 56.1 Å². The fourth-order valence-electron chi connectivity index (χ4n) is 3.03. The molecule has 0 unspecified atom stereocenters. The number of ether oxygens (including phenoxy) is 2. The number of aryl methyl sites for hydroxylation is 1. The first-order valence-electron chi connectivity index (χ1n) is 11.1. The number of nitrogens with two attached hydrogens (primary N) is 2. The summed E-state index contributed by atoms with van der Waals surface area (Å²) in [6.07, 6.45) is -5.68. The van der Waals surface area contributed by atoms with Gasteiger partial charge in [0.25, 0.3) is 5.69 Å². The highest BCUT2D eigenvalue weighted by Gasteiger charge is 2.44. The van der Waals surface area contributed by atoms with E-state index in [0.717, 1.165) is 18.2 Å². The molecule has 0 saturated carbocycles. The first-order chi connectivity index (χ1) is 18.6. The van der Waals surface area contributed by atoms with Crippen LogP contribution < -0.4 is 20.9 Å². The van der Waals surface area contributed by atoms with Crippen LogP contribution in [-0.4, -0.2) is 56.7 Å². The Bertz CT molecular complexity index is 1360. The van der Waals surface area contributed by atoms with Gasteiger partial charge < -0.3 is 25.8 Å². The first-order valence-corrected chi connectivity index (χ1v) is 12.6. The molecule has 40 heavy (non-hydrogen) atoms. The SMILES string of the molecule is Cc1ccc([N+](=O)[O-])cc1S(=O)(=O)N[C@@H](Cc1ccc(OCCCON=C(N)N)cc1)C(=O)OC(=O)C(F)(F)F. The lowest BCUT2D eigenvalue weighted by Crippen LogP contribution is -2.45. The van der Waals surface area contributed by atoms with Crippen LogP contribution in [0.1, 0.15) is 17.5 Å². The zero-order chi connectivity index (χ0) is 30.1. The summed E-state index contributed by atoms with van der Waals surface area (Å²) in [5.74, 6) is -4.58. The molecule has 0 aliphatic heterocycles. The lowest BCUT2D eigenvalue weighted by Gasteiger charge is -2.18. The third kappa shape index (κ3) is 9.70. The van der Waals surface area contributed by atoms with Gasteiger partial charge in [-0.2, -0.15) is 17.9 Å². The van der Waals surface area contributed by atoms with E-state index in [1.54, 1.807) is 0 Å². The molecule has 0 heterocycles. The quantitative estimate of drug-likeness (QED) is 0.0575. The van der Waals surface area contributed by atoms with E-state index in [-0.39, 0.29) is 30.3 Å². The Morgan fingerprint density at radius 3 is 2.35 bits per heavy atom. The summed E-state index contributed by atoms with van der Waals surface area (Å²) in [5.41, 5.74) is 9.91. The molecule has 0 saturated heterocycles. The maximum absolute atomic E-state index is 13.0. The van der Waals surface area contributed by atoms with Crippen molar-refractivity contribution in [3.05, 3.63) is 63.7 Å². The van der Waals surface area contributed by atoms with Crippen LogP contribution in [0.4, 0.5) is 18.9 Å². The number of guanidine groups is 1. The number of alkyl halides is 3. The number of oxime groups is 1. The molecule has 0 spiro atoms. The van der Waals surface area contributed by atoms with Crippen LogP contribution in [0.15, 0.2) is 52.5 Å². The number of nitro benzene ring substituents is 1. The van der Waals surface area contributed by atoms with Gasteiger partial charge in [0.05, 0.1) is 16.4 Å². The van der Waals surface area contributed by atoms with E-state index in [9.17, 15) is 41.3 Å². The van der Waals surface area contributed by atoms with Crippen molar-refractivity contribution in [1.29, 1.82) is 0 Å². The second-order valence-corrected chi connectivity index (χ2v) is 9.67. The second kappa shape index (κ2) is 13.6. The number of nitro groups is 1. The molecular weight excluding hydrogens is 567 g/mol. The van der Waals surface area contributed by atoms with E-state index >= 15 is 0 Å². The van der Waals surface area contributed by atoms with Crippen LogP contribution in [-0.2, 0) is 35.6 Å². The monoisotopic (exact) mass is 591 g/mol. The highest BCUT2D eigenvalue weighted by atomic mass is 32.2. The van der Waals surface area contributed by atoms with Gasteiger partial charge >= 0.3 is 18.1 Å². The average Bonchev–Trinajstić information content (AvgIpc) is 2.85. The molecule has 0 amide bonds. The van der Waals surface area contributed by atoms with Crippen LogP contribution in [0, 0.1) is 17.0 Å². The Balaban J connectivity index is 2.22. The minimum Gasteiger partial charge on any atom is -0.493 e. The Hall–Kier alpha value is -4.45. The van der Waals surface area contributed by atoms with Crippen LogP contribution in [0.2, 0.25) is 0 Å². The summed E-state index contributed by atoms with van der Waals surface area (Å²) in [4.78, 5) is 38.1. The number of sulfonamides is 1. The molecule has 1 atom stereocenters. The third-order valence-electron chi connectivity index (χ3n) is 4.86. The van der Waals surface area contributed by atoms with Gasteiger partial charge in [0, 0.05) is 18.6 Å². The number of nitrogens with zero attached hydrogens (tertiary/aromatic N) is 2. The van der Waals surface area contributed by atoms with Crippen molar-refractivity contribution >= 4 is 33.6 Å². The zero-order valence-electron chi connectivity index (χ0n) is 20.7. The summed E-state index contributed by atoms with van der Waals surface area (Å²) in [6, 6.07) is 6.54. The summed E-state index contributed by atoms with van der Waals surface area (Å²) >= 11 is 0. The number of non-ortho nitro benzene ring substituents is 1.